The normalized spacial score (nSPS) is 12.2. The third kappa shape index (κ3) is 7.17. The molecular weight excluding hydrogens is 470 g/mol. The number of rotatable bonds is 11. The van der Waals surface area contributed by atoms with E-state index in [-0.39, 0.29) is 13.1 Å². The van der Waals surface area contributed by atoms with Crippen LogP contribution in [0.1, 0.15) is 22.9 Å². The number of nitrogens with one attached hydrogen (secondary N) is 1. The summed E-state index contributed by atoms with van der Waals surface area (Å²) in [6.07, 6.45) is 2.54. The Kier molecular flexibility index (Phi) is 8.67. The molecule has 1 heterocycles. The number of likely N-dealkylation sites (N-methyl/N-ethyl adjacent to an activating group) is 1. The molecule has 1 N–H and O–H groups in total. The molecule has 0 radical (unpaired) electrons. The van der Waals surface area contributed by atoms with E-state index in [9.17, 15) is 18.0 Å². The van der Waals surface area contributed by atoms with Crippen molar-refractivity contribution in [1.29, 1.82) is 0 Å². The Morgan fingerprint density at radius 2 is 1.71 bits per heavy atom. The maximum atomic E-state index is 13.5. The van der Waals surface area contributed by atoms with Crippen molar-refractivity contribution >= 4 is 21.8 Å². The molecule has 0 aliphatic rings. The minimum Gasteiger partial charge on any atom is -0.497 e. The molecule has 0 saturated heterocycles. The standard InChI is InChI=1S/C25H29N3O6S/c1-27(35(3,31)32)18-23(29)28(17-19-11-13-21(33-2)14-12-19)24(20-8-5-4-6-9-20)25(30)26-16-22-10-7-15-34-22/h4-15,24H,16-18H2,1-3H3,(H,26,30)/t24-/m1/s1. The number of hydrogen-bond acceptors (Lipinski definition) is 6. The summed E-state index contributed by atoms with van der Waals surface area (Å²) in [5.41, 5.74) is 1.34. The van der Waals surface area contributed by atoms with Crippen LogP contribution in [0.4, 0.5) is 0 Å². The molecule has 0 saturated carbocycles. The highest BCUT2D eigenvalue weighted by atomic mass is 32.2. The lowest BCUT2D eigenvalue weighted by molar-refractivity contribution is -0.141. The summed E-state index contributed by atoms with van der Waals surface area (Å²) in [6.45, 7) is -0.194. The van der Waals surface area contributed by atoms with E-state index in [4.69, 9.17) is 9.15 Å². The summed E-state index contributed by atoms with van der Waals surface area (Å²) in [5.74, 6) is 0.279. The van der Waals surface area contributed by atoms with Crippen molar-refractivity contribution in [2.75, 3.05) is 27.0 Å². The first-order valence-corrected chi connectivity index (χ1v) is 12.7. The molecule has 2 aromatic carbocycles. The van der Waals surface area contributed by atoms with Gasteiger partial charge in [0.15, 0.2) is 0 Å². The van der Waals surface area contributed by atoms with E-state index >= 15 is 0 Å². The molecule has 35 heavy (non-hydrogen) atoms. The van der Waals surface area contributed by atoms with Crippen LogP contribution in [-0.4, -0.2) is 56.4 Å². The first-order valence-electron chi connectivity index (χ1n) is 10.9. The smallest absolute Gasteiger partial charge is 0.247 e. The number of carbonyl (C=O) groups is 2. The number of ether oxygens (including phenoxy) is 1. The van der Waals surface area contributed by atoms with Gasteiger partial charge in [0.2, 0.25) is 21.8 Å². The molecule has 0 bridgehead atoms. The molecule has 2 amide bonds. The van der Waals surface area contributed by atoms with Gasteiger partial charge in [-0.2, -0.15) is 4.31 Å². The van der Waals surface area contributed by atoms with Crippen molar-refractivity contribution in [2.24, 2.45) is 0 Å². The second kappa shape index (κ2) is 11.7. The first-order chi connectivity index (χ1) is 16.7. The molecule has 0 unspecified atom stereocenters. The minimum absolute atomic E-state index is 0.0775. The van der Waals surface area contributed by atoms with Crippen LogP contribution < -0.4 is 10.1 Å². The number of benzene rings is 2. The van der Waals surface area contributed by atoms with Crippen LogP contribution >= 0.6 is 0 Å². The molecule has 0 fully saturated rings. The minimum atomic E-state index is -3.61. The van der Waals surface area contributed by atoms with Crippen molar-refractivity contribution in [3.8, 4) is 5.75 Å². The van der Waals surface area contributed by atoms with Crippen molar-refractivity contribution in [3.05, 3.63) is 89.9 Å². The topological polar surface area (TPSA) is 109 Å². The third-order valence-corrected chi connectivity index (χ3v) is 6.71. The average molecular weight is 500 g/mol. The zero-order valence-electron chi connectivity index (χ0n) is 19.9. The van der Waals surface area contributed by atoms with E-state index in [1.807, 2.05) is 6.07 Å². The number of methoxy groups -OCH3 is 1. The number of furan rings is 1. The quantitative estimate of drug-likeness (QED) is 0.434. The fourth-order valence-electron chi connectivity index (χ4n) is 3.44. The summed E-state index contributed by atoms with van der Waals surface area (Å²) < 4.78 is 35.4. The Labute approximate surface area is 205 Å². The fourth-order valence-corrected chi connectivity index (χ4v) is 3.79. The maximum Gasteiger partial charge on any atom is 0.247 e. The first kappa shape index (κ1) is 26.0. The summed E-state index contributed by atoms with van der Waals surface area (Å²) in [6, 6.07) is 18.4. The largest absolute Gasteiger partial charge is 0.497 e. The predicted molar refractivity (Wildman–Crippen MR) is 131 cm³/mol. The molecule has 1 aromatic heterocycles. The van der Waals surface area contributed by atoms with Gasteiger partial charge in [-0.1, -0.05) is 42.5 Å². The van der Waals surface area contributed by atoms with Crippen LogP contribution in [0.5, 0.6) is 5.75 Å². The van der Waals surface area contributed by atoms with E-state index in [2.05, 4.69) is 5.32 Å². The van der Waals surface area contributed by atoms with Crippen LogP contribution in [0.25, 0.3) is 0 Å². The van der Waals surface area contributed by atoms with Crippen LogP contribution in [-0.2, 0) is 32.7 Å². The summed E-state index contributed by atoms with van der Waals surface area (Å²) in [5, 5.41) is 2.83. The van der Waals surface area contributed by atoms with E-state index in [1.165, 1.54) is 18.2 Å². The molecule has 0 spiro atoms. The van der Waals surface area contributed by atoms with Gasteiger partial charge in [0.25, 0.3) is 0 Å². The van der Waals surface area contributed by atoms with Gasteiger partial charge in [0, 0.05) is 13.6 Å². The van der Waals surface area contributed by atoms with Crippen molar-refractivity contribution in [3.63, 3.8) is 0 Å². The highest BCUT2D eigenvalue weighted by Gasteiger charge is 2.33. The van der Waals surface area contributed by atoms with E-state index < -0.39 is 34.4 Å². The van der Waals surface area contributed by atoms with E-state index in [0.29, 0.717) is 17.1 Å². The van der Waals surface area contributed by atoms with Gasteiger partial charge in [0.1, 0.15) is 17.6 Å². The number of nitrogens with zero attached hydrogens (tertiary/aromatic N) is 2. The maximum absolute atomic E-state index is 13.5. The average Bonchev–Trinajstić information content (AvgIpc) is 3.36. The van der Waals surface area contributed by atoms with Gasteiger partial charge in [-0.3, -0.25) is 9.59 Å². The molecule has 186 valence electrons. The summed E-state index contributed by atoms with van der Waals surface area (Å²) >= 11 is 0. The van der Waals surface area contributed by atoms with E-state index in [1.54, 1.807) is 67.8 Å². The van der Waals surface area contributed by atoms with Crippen LogP contribution in [0.2, 0.25) is 0 Å². The van der Waals surface area contributed by atoms with Gasteiger partial charge in [-0.25, -0.2) is 8.42 Å². The van der Waals surface area contributed by atoms with Gasteiger partial charge in [-0.05, 0) is 35.4 Å². The molecule has 10 heteroatoms. The monoisotopic (exact) mass is 499 g/mol. The Morgan fingerprint density at radius 1 is 1.03 bits per heavy atom. The van der Waals surface area contributed by atoms with Gasteiger partial charge in [0.05, 0.1) is 32.7 Å². The number of sulfonamides is 1. The number of carbonyl (C=O) groups excluding carboxylic acids is 2. The summed E-state index contributed by atoms with van der Waals surface area (Å²) in [7, 11) is -0.724. The molecule has 1 atom stereocenters. The second-order valence-electron chi connectivity index (χ2n) is 8.00. The van der Waals surface area contributed by atoms with Crippen LogP contribution in [0.15, 0.2) is 77.4 Å². The molecular formula is C25H29N3O6S. The van der Waals surface area contributed by atoms with Gasteiger partial charge >= 0.3 is 0 Å². The molecule has 0 aliphatic heterocycles. The lowest BCUT2D eigenvalue weighted by atomic mass is 10.0. The molecule has 3 rings (SSSR count). The third-order valence-electron chi connectivity index (χ3n) is 5.45. The fraction of sp³-hybridized carbons (Fsp3) is 0.280. The van der Waals surface area contributed by atoms with Crippen molar-refractivity contribution in [1.82, 2.24) is 14.5 Å². The number of amides is 2. The Morgan fingerprint density at radius 3 is 2.29 bits per heavy atom. The summed E-state index contributed by atoms with van der Waals surface area (Å²) in [4.78, 5) is 28.3. The van der Waals surface area contributed by atoms with Crippen molar-refractivity contribution in [2.45, 2.75) is 19.1 Å². The van der Waals surface area contributed by atoms with Crippen LogP contribution in [0.3, 0.4) is 0 Å². The Hall–Kier alpha value is -3.63. The van der Waals surface area contributed by atoms with E-state index in [0.717, 1.165) is 16.1 Å². The van der Waals surface area contributed by atoms with Gasteiger partial charge < -0.3 is 19.4 Å². The lowest BCUT2D eigenvalue weighted by Crippen LogP contribution is -2.47. The van der Waals surface area contributed by atoms with Crippen LogP contribution in [0, 0.1) is 0 Å². The highest BCUT2D eigenvalue weighted by Crippen LogP contribution is 2.25. The highest BCUT2D eigenvalue weighted by molar-refractivity contribution is 7.88. The molecule has 0 aliphatic carbocycles. The Balaban J connectivity index is 1.97. The molecule has 9 nitrogen and oxygen atoms in total. The second-order valence-corrected chi connectivity index (χ2v) is 10.1. The predicted octanol–water partition coefficient (Wildman–Crippen LogP) is 2.57. The Bertz CT molecular complexity index is 1210. The zero-order valence-corrected chi connectivity index (χ0v) is 20.7. The van der Waals surface area contributed by atoms with Crippen molar-refractivity contribution < 1.29 is 27.2 Å². The van der Waals surface area contributed by atoms with Gasteiger partial charge in [-0.15, -0.1) is 0 Å². The number of hydrogen-bond donors (Lipinski definition) is 1. The molecule has 3 aromatic rings. The SMILES string of the molecule is COc1ccc(CN(C(=O)CN(C)S(C)(=O)=O)[C@@H](C(=O)NCc2ccco2)c2ccccc2)cc1. The lowest BCUT2D eigenvalue weighted by Gasteiger charge is -2.32. The zero-order chi connectivity index (χ0) is 25.4.